The number of nitrogens with zero attached hydrogens (tertiary/aromatic N) is 5. The van der Waals surface area contributed by atoms with Crippen molar-refractivity contribution in [2.75, 3.05) is 44.2 Å². The molecule has 10 nitrogen and oxygen atoms in total. The molecule has 206 valence electrons. The van der Waals surface area contributed by atoms with E-state index < -0.39 is 10.0 Å². The average Bonchev–Trinajstić information content (AvgIpc) is 3.26. The summed E-state index contributed by atoms with van der Waals surface area (Å²) in [7, 11) is -3.74. The second-order valence-electron chi connectivity index (χ2n) is 11.5. The highest BCUT2D eigenvalue weighted by Gasteiger charge is 2.41. The van der Waals surface area contributed by atoms with Crippen LogP contribution in [0.3, 0.4) is 0 Å². The van der Waals surface area contributed by atoms with Gasteiger partial charge in [-0.1, -0.05) is 20.4 Å². The first-order chi connectivity index (χ1) is 18.0. The molecule has 0 bridgehead atoms. The molecule has 2 aliphatic heterocycles. The van der Waals surface area contributed by atoms with Crippen LogP contribution in [0.1, 0.15) is 40.0 Å². The van der Waals surface area contributed by atoms with Gasteiger partial charge in [0.15, 0.2) is 0 Å². The van der Waals surface area contributed by atoms with Gasteiger partial charge in [-0.05, 0) is 50.3 Å². The van der Waals surface area contributed by atoms with E-state index in [0.717, 1.165) is 35.9 Å². The molecule has 3 heterocycles. The van der Waals surface area contributed by atoms with Gasteiger partial charge < -0.3 is 14.7 Å². The van der Waals surface area contributed by atoms with Crippen molar-refractivity contribution in [3.8, 4) is 0 Å². The number of fused-ring (bicyclic) bond motifs is 1. The van der Waals surface area contributed by atoms with E-state index in [0.29, 0.717) is 45.8 Å². The standard InChI is InChI=1S/C27H38N6O4S/c1-5-25(34)32-9-6-20(17-32)18-33-24-15-21(38(36,37)29-27(4)7-8-27)14-23(22(24)16-28-33)30-10-12-31(13-11-30)26(35)19(2)3/h5,14-16,19-20,29H,1,6-13,17-18H2,2-4H3. The number of carbonyl (C=O) groups is 2. The molecule has 1 atom stereocenters. The zero-order chi connectivity index (χ0) is 27.2. The minimum atomic E-state index is -3.74. The number of hydrogen-bond donors (Lipinski definition) is 1. The Labute approximate surface area is 224 Å². The molecule has 0 spiro atoms. The van der Waals surface area contributed by atoms with Crippen LogP contribution in [0.5, 0.6) is 0 Å². The number of anilines is 1. The van der Waals surface area contributed by atoms with E-state index in [1.807, 2.05) is 36.5 Å². The van der Waals surface area contributed by atoms with Gasteiger partial charge in [0, 0.05) is 68.3 Å². The first kappa shape index (κ1) is 26.7. The number of carbonyl (C=O) groups excluding carboxylic acids is 2. The van der Waals surface area contributed by atoms with E-state index >= 15 is 0 Å². The fourth-order valence-corrected chi connectivity index (χ4v) is 6.96. The predicted octanol–water partition coefficient (Wildman–Crippen LogP) is 2.21. The third kappa shape index (κ3) is 5.31. The Morgan fingerprint density at radius 1 is 1.16 bits per heavy atom. The summed E-state index contributed by atoms with van der Waals surface area (Å²) in [5.74, 6) is 0.243. The summed E-state index contributed by atoms with van der Waals surface area (Å²) in [6.07, 6.45) is 5.66. The summed E-state index contributed by atoms with van der Waals surface area (Å²) in [6.45, 7) is 13.7. The molecule has 1 N–H and O–H groups in total. The van der Waals surface area contributed by atoms with Crippen LogP contribution in [0, 0.1) is 11.8 Å². The summed E-state index contributed by atoms with van der Waals surface area (Å²) >= 11 is 0. The Bertz CT molecular complexity index is 1360. The first-order valence-corrected chi connectivity index (χ1v) is 15.0. The highest BCUT2D eigenvalue weighted by Crippen LogP contribution is 2.38. The Balaban J connectivity index is 1.46. The molecular formula is C27H38N6O4S. The molecule has 3 fully saturated rings. The lowest BCUT2D eigenvalue weighted by Crippen LogP contribution is -2.50. The van der Waals surface area contributed by atoms with Gasteiger partial charge in [0.2, 0.25) is 21.8 Å². The van der Waals surface area contributed by atoms with Gasteiger partial charge in [0.1, 0.15) is 0 Å². The normalized spacial score (nSPS) is 21.4. The lowest BCUT2D eigenvalue weighted by Gasteiger charge is -2.37. The van der Waals surface area contributed by atoms with E-state index in [9.17, 15) is 18.0 Å². The Kier molecular flexibility index (Phi) is 7.02. The van der Waals surface area contributed by atoms with Gasteiger partial charge in [-0.25, -0.2) is 13.1 Å². The number of rotatable bonds is 8. The smallest absolute Gasteiger partial charge is 0.245 e. The van der Waals surface area contributed by atoms with Gasteiger partial charge >= 0.3 is 0 Å². The largest absolute Gasteiger partial charge is 0.367 e. The molecule has 0 radical (unpaired) electrons. The molecule has 3 aliphatic rings. The van der Waals surface area contributed by atoms with Gasteiger partial charge in [-0.15, -0.1) is 0 Å². The van der Waals surface area contributed by atoms with Crippen molar-refractivity contribution in [3.05, 3.63) is 31.0 Å². The molecule has 1 unspecified atom stereocenters. The molecule has 1 aromatic carbocycles. The maximum atomic E-state index is 13.4. The molecule has 1 aliphatic carbocycles. The molecule has 2 amide bonds. The molecule has 11 heteroatoms. The summed E-state index contributed by atoms with van der Waals surface area (Å²) in [5.41, 5.74) is 1.20. The van der Waals surface area contributed by atoms with Crippen LogP contribution in [-0.4, -0.2) is 84.6 Å². The topological polar surface area (TPSA) is 108 Å². The van der Waals surface area contributed by atoms with Gasteiger partial charge in [-0.3, -0.25) is 14.3 Å². The lowest BCUT2D eigenvalue weighted by molar-refractivity contribution is -0.134. The van der Waals surface area contributed by atoms with E-state index in [1.54, 1.807) is 17.0 Å². The number of benzene rings is 1. The van der Waals surface area contributed by atoms with Crippen molar-refractivity contribution in [2.45, 2.75) is 57.0 Å². The van der Waals surface area contributed by atoms with Crippen LogP contribution in [0.4, 0.5) is 5.69 Å². The molecule has 1 saturated carbocycles. The van der Waals surface area contributed by atoms with Gasteiger partial charge in [0.25, 0.3) is 0 Å². The van der Waals surface area contributed by atoms with Crippen molar-refractivity contribution in [1.29, 1.82) is 0 Å². The third-order valence-corrected chi connectivity index (χ3v) is 9.65. The fourth-order valence-electron chi connectivity index (χ4n) is 5.46. The Hall–Kier alpha value is -2.92. The number of nitrogens with one attached hydrogen (secondary N) is 1. The number of piperazine rings is 1. The molecule has 2 saturated heterocycles. The Morgan fingerprint density at radius 3 is 2.50 bits per heavy atom. The number of aromatic nitrogens is 2. The number of amides is 2. The average molecular weight is 543 g/mol. The predicted molar refractivity (Wildman–Crippen MR) is 146 cm³/mol. The fraction of sp³-hybridized carbons (Fsp3) is 0.593. The molecule has 1 aromatic heterocycles. The van der Waals surface area contributed by atoms with Crippen molar-refractivity contribution in [1.82, 2.24) is 24.3 Å². The van der Waals surface area contributed by atoms with Crippen molar-refractivity contribution >= 4 is 38.4 Å². The van der Waals surface area contributed by atoms with Crippen LogP contribution in [0.2, 0.25) is 0 Å². The monoisotopic (exact) mass is 542 g/mol. The Morgan fingerprint density at radius 2 is 1.87 bits per heavy atom. The van der Waals surface area contributed by atoms with Crippen LogP contribution >= 0.6 is 0 Å². The molecule has 38 heavy (non-hydrogen) atoms. The lowest BCUT2D eigenvalue weighted by atomic mass is 10.1. The third-order valence-electron chi connectivity index (χ3n) is 8.03. The number of likely N-dealkylation sites (tertiary alicyclic amines) is 1. The second-order valence-corrected chi connectivity index (χ2v) is 13.2. The minimum Gasteiger partial charge on any atom is -0.367 e. The van der Waals surface area contributed by atoms with Crippen LogP contribution < -0.4 is 9.62 Å². The number of sulfonamides is 1. The molecule has 2 aromatic rings. The summed E-state index contributed by atoms with van der Waals surface area (Å²) in [4.78, 5) is 30.6. The summed E-state index contributed by atoms with van der Waals surface area (Å²) < 4.78 is 31.6. The van der Waals surface area contributed by atoms with Gasteiger partial charge in [0.05, 0.1) is 16.6 Å². The highest BCUT2D eigenvalue weighted by molar-refractivity contribution is 7.89. The second kappa shape index (κ2) is 10.00. The van der Waals surface area contributed by atoms with Crippen LogP contribution in [0.25, 0.3) is 10.9 Å². The molecular weight excluding hydrogens is 504 g/mol. The summed E-state index contributed by atoms with van der Waals surface area (Å²) in [5, 5.41) is 5.56. The van der Waals surface area contributed by atoms with Crippen molar-refractivity contribution in [3.63, 3.8) is 0 Å². The van der Waals surface area contributed by atoms with Crippen molar-refractivity contribution in [2.24, 2.45) is 11.8 Å². The first-order valence-electron chi connectivity index (χ1n) is 13.5. The van der Waals surface area contributed by atoms with E-state index in [-0.39, 0.29) is 34.1 Å². The maximum Gasteiger partial charge on any atom is 0.245 e. The quantitative estimate of drug-likeness (QED) is 0.513. The van der Waals surface area contributed by atoms with Gasteiger partial charge in [-0.2, -0.15) is 5.10 Å². The van der Waals surface area contributed by atoms with E-state index in [2.05, 4.69) is 21.3 Å². The molecule has 5 rings (SSSR count). The maximum absolute atomic E-state index is 13.4. The minimum absolute atomic E-state index is 0.0527. The number of hydrogen-bond acceptors (Lipinski definition) is 6. The van der Waals surface area contributed by atoms with Crippen molar-refractivity contribution < 1.29 is 18.0 Å². The highest BCUT2D eigenvalue weighted by atomic mass is 32.2. The summed E-state index contributed by atoms with van der Waals surface area (Å²) in [6, 6.07) is 3.47. The van der Waals surface area contributed by atoms with E-state index in [4.69, 9.17) is 0 Å². The van der Waals surface area contributed by atoms with Crippen LogP contribution in [0.15, 0.2) is 35.9 Å². The zero-order valence-electron chi connectivity index (χ0n) is 22.5. The SMILES string of the molecule is C=CC(=O)N1CCC(Cn2ncc3c(N4CCN(C(=O)C(C)C)CC4)cc(S(=O)(=O)NC4(C)CC4)cc32)C1. The van der Waals surface area contributed by atoms with E-state index in [1.165, 1.54) is 6.08 Å². The zero-order valence-corrected chi connectivity index (χ0v) is 23.3. The van der Waals surface area contributed by atoms with Crippen LogP contribution in [-0.2, 0) is 26.2 Å².